The smallest absolute Gasteiger partial charge is 0.321 e. The Morgan fingerprint density at radius 3 is 2.16 bits per heavy atom. The molecular formula is C13H16O5S. The van der Waals surface area contributed by atoms with Crippen LogP contribution in [0.3, 0.4) is 0 Å². The first kappa shape index (κ1) is 15.4. The lowest BCUT2D eigenvalue weighted by Gasteiger charge is -2.09. The Labute approximate surface area is 112 Å². The van der Waals surface area contributed by atoms with Crippen molar-refractivity contribution in [3.05, 3.63) is 29.8 Å². The summed E-state index contributed by atoms with van der Waals surface area (Å²) in [5.41, 5.74) is 0.434. The molecule has 6 heteroatoms. The van der Waals surface area contributed by atoms with Crippen LogP contribution in [0.25, 0.3) is 0 Å². The summed E-state index contributed by atoms with van der Waals surface area (Å²) in [4.78, 5) is 22.3. The van der Waals surface area contributed by atoms with Crippen molar-refractivity contribution in [2.24, 2.45) is 0 Å². The summed E-state index contributed by atoms with van der Waals surface area (Å²) < 4.78 is 23.8. The predicted molar refractivity (Wildman–Crippen MR) is 70.0 cm³/mol. The first-order valence-electron chi connectivity index (χ1n) is 5.90. The van der Waals surface area contributed by atoms with Crippen LogP contribution < -0.4 is 0 Å². The molecule has 104 valence electrons. The zero-order valence-corrected chi connectivity index (χ0v) is 11.6. The quantitative estimate of drug-likeness (QED) is 0.806. The standard InChI is InChI=1S/C13H16O5S/c1-3-4-12(14)10-5-7-11(8-6-10)19(17,18)9(2)13(15)16/h5-9H,3-4H2,1-2H3,(H,15,16). The highest BCUT2D eigenvalue weighted by Gasteiger charge is 2.29. The molecule has 0 saturated heterocycles. The maximum Gasteiger partial charge on any atom is 0.321 e. The zero-order valence-electron chi connectivity index (χ0n) is 10.8. The van der Waals surface area contributed by atoms with Crippen molar-refractivity contribution in [3.8, 4) is 0 Å². The minimum atomic E-state index is -3.90. The van der Waals surface area contributed by atoms with Crippen LogP contribution >= 0.6 is 0 Å². The van der Waals surface area contributed by atoms with Gasteiger partial charge in [-0.05, 0) is 25.5 Å². The number of aliphatic carboxylic acids is 1. The first-order chi connectivity index (χ1) is 8.80. The molecule has 19 heavy (non-hydrogen) atoms. The van der Waals surface area contributed by atoms with Crippen LogP contribution in [0.4, 0.5) is 0 Å². The monoisotopic (exact) mass is 284 g/mol. The van der Waals surface area contributed by atoms with Crippen LogP contribution in [0.2, 0.25) is 0 Å². The second-order valence-electron chi connectivity index (χ2n) is 4.22. The van der Waals surface area contributed by atoms with Crippen molar-refractivity contribution in [3.63, 3.8) is 0 Å². The SMILES string of the molecule is CCCC(=O)c1ccc(S(=O)(=O)C(C)C(=O)O)cc1. The van der Waals surface area contributed by atoms with Gasteiger partial charge in [0.05, 0.1) is 4.90 Å². The Morgan fingerprint density at radius 2 is 1.74 bits per heavy atom. The van der Waals surface area contributed by atoms with Crippen molar-refractivity contribution < 1.29 is 23.1 Å². The normalized spacial score (nSPS) is 12.9. The van der Waals surface area contributed by atoms with E-state index in [1.165, 1.54) is 24.3 Å². The number of hydrogen-bond donors (Lipinski definition) is 1. The number of carbonyl (C=O) groups excluding carboxylic acids is 1. The number of carboxylic acids is 1. The van der Waals surface area contributed by atoms with Gasteiger partial charge in [0.1, 0.15) is 0 Å². The lowest BCUT2D eigenvalue weighted by atomic mass is 10.1. The van der Waals surface area contributed by atoms with E-state index in [1.54, 1.807) is 0 Å². The number of ketones is 1. The molecule has 0 bridgehead atoms. The number of benzene rings is 1. The Kier molecular flexibility index (Phi) is 4.83. The second-order valence-corrected chi connectivity index (χ2v) is 6.49. The van der Waals surface area contributed by atoms with E-state index in [1.807, 2.05) is 6.92 Å². The molecule has 1 unspecified atom stereocenters. The number of sulfone groups is 1. The van der Waals surface area contributed by atoms with Crippen molar-refractivity contribution in [2.45, 2.75) is 36.8 Å². The topological polar surface area (TPSA) is 88.5 Å². The van der Waals surface area contributed by atoms with Gasteiger partial charge in [-0.1, -0.05) is 19.1 Å². The molecule has 1 rings (SSSR count). The molecule has 0 radical (unpaired) electrons. The maximum absolute atomic E-state index is 11.9. The van der Waals surface area contributed by atoms with Crippen molar-refractivity contribution in [2.75, 3.05) is 0 Å². The van der Waals surface area contributed by atoms with Gasteiger partial charge < -0.3 is 5.11 Å². The van der Waals surface area contributed by atoms with Gasteiger partial charge in [0.2, 0.25) is 0 Å². The largest absolute Gasteiger partial charge is 0.480 e. The summed E-state index contributed by atoms with van der Waals surface area (Å²) >= 11 is 0. The highest BCUT2D eigenvalue weighted by Crippen LogP contribution is 2.18. The summed E-state index contributed by atoms with van der Waals surface area (Å²) in [7, 11) is -3.90. The molecule has 5 nitrogen and oxygen atoms in total. The summed E-state index contributed by atoms with van der Waals surface area (Å²) in [5, 5.41) is 7.25. The molecule has 1 atom stereocenters. The Hall–Kier alpha value is -1.69. The lowest BCUT2D eigenvalue weighted by Crippen LogP contribution is -2.26. The molecule has 0 aliphatic rings. The first-order valence-corrected chi connectivity index (χ1v) is 7.45. The van der Waals surface area contributed by atoms with Gasteiger partial charge in [-0.2, -0.15) is 0 Å². The number of carbonyl (C=O) groups is 2. The number of rotatable bonds is 6. The molecule has 0 fully saturated rings. The Bertz CT molecular complexity index is 572. The van der Waals surface area contributed by atoms with Gasteiger partial charge in [0, 0.05) is 12.0 Å². The van der Waals surface area contributed by atoms with Crippen molar-refractivity contribution >= 4 is 21.6 Å². The van der Waals surface area contributed by atoms with Crippen LogP contribution in [0.15, 0.2) is 29.2 Å². The van der Waals surface area contributed by atoms with E-state index in [9.17, 15) is 18.0 Å². The Morgan fingerprint density at radius 1 is 1.21 bits per heavy atom. The van der Waals surface area contributed by atoms with Crippen LogP contribution in [0, 0.1) is 0 Å². The van der Waals surface area contributed by atoms with Gasteiger partial charge in [0.15, 0.2) is 20.9 Å². The third-order valence-corrected chi connectivity index (χ3v) is 4.86. The fraction of sp³-hybridized carbons (Fsp3) is 0.385. The van der Waals surface area contributed by atoms with E-state index in [0.717, 1.165) is 13.3 Å². The highest BCUT2D eigenvalue weighted by atomic mass is 32.2. The molecule has 1 aromatic carbocycles. The number of carboxylic acid groups (broad SMARTS) is 1. The van der Waals surface area contributed by atoms with Gasteiger partial charge in [-0.25, -0.2) is 8.42 Å². The minimum Gasteiger partial charge on any atom is -0.480 e. The van der Waals surface area contributed by atoms with E-state index in [0.29, 0.717) is 12.0 Å². The van der Waals surface area contributed by atoms with Crippen LogP contribution in [-0.4, -0.2) is 30.5 Å². The summed E-state index contributed by atoms with van der Waals surface area (Å²) in [6.45, 7) is 3.00. The van der Waals surface area contributed by atoms with Crippen LogP contribution in [0.5, 0.6) is 0 Å². The number of Topliss-reactive ketones (excluding diaryl/α,β-unsaturated/α-hetero) is 1. The van der Waals surface area contributed by atoms with Gasteiger partial charge in [0.25, 0.3) is 0 Å². The molecule has 0 saturated carbocycles. The summed E-state index contributed by atoms with van der Waals surface area (Å²) in [6.07, 6.45) is 1.12. The minimum absolute atomic E-state index is 0.0577. The fourth-order valence-electron chi connectivity index (χ4n) is 1.54. The Balaban J connectivity index is 3.06. The lowest BCUT2D eigenvalue weighted by molar-refractivity contribution is -0.136. The number of hydrogen-bond acceptors (Lipinski definition) is 4. The van der Waals surface area contributed by atoms with E-state index >= 15 is 0 Å². The molecule has 1 aromatic rings. The molecular weight excluding hydrogens is 268 g/mol. The zero-order chi connectivity index (χ0) is 14.6. The van der Waals surface area contributed by atoms with E-state index in [4.69, 9.17) is 5.11 Å². The highest BCUT2D eigenvalue weighted by molar-refractivity contribution is 7.92. The molecule has 0 spiro atoms. The van der Waals surface area contributed by atoms with Crippen molar-refractivity contribution in [1.29, 1.82) is 0 Å². The second kappa shape index (κ2) is 5.97. The molecule has 0 heterocycles. The van der Waals surface area contributed by atoms with Gasteiger partial charge in [-0.3, -0.25) is 9.59 Å². The summed E-state index contributed by atoms with van der Waals surface area (Å²) in [5.74, 6) is -1.45. The fourth-order valence-corrected chi connectivity index (χ4v) is 2.73. The van der Waals surface area contributed by atoms with Crippen LogP contribution in [0.1, 0.15) is 37.0 Å². The van der Waals surface area contributed by atoms with Crippen molar-refractivity contribution in [1.82, 2.24) is 0 Å². The summed E-state index contributed by atoms with van der Waals surface area (Å²) in [6, 6.07) is 5.38. The third kappa shape index (κ3) is 3.41. The molecule has 1 N–H and O–H groups in total. The van der Waals surface area contributed by atoms with E-state index in [2.05, 4.69) is 0 Å². The van der Waals surface area contributed by atoms with Crippen LogP contribution in [-0.2, 0) is 14.6 Å². The maximum atomic E-state index is 11.9. The molecule has 0 aliphatic heterocycles. The predicted octanol–water partition coefficient (Wildman–Crippen LogP) is 1.92. The average Bonchev–Trinajstić information content (AvgIpc) is 2.38. The third-order valence-electron chi connectivity index (χ3n) is 2.80. The van der Waals surface area contributed by atoms with E-state index in [-0.39, 0.29) is 10.7 Å². The van der Waals surface area contributed by atoms with Gasteiger partial charge in [-0.15, -0.1) is 0 Å². The van der Waals surface area contributed by atoms with Gasteiger partial charge >= 0.3 is 5.97 Å². The van der Waals surface area contributed by atoms with E-state index < -0.39 is 21.1 Å². The average molecular weight is 284 g/mol. The molecule has 0 aromatic heterocycles. The molecule has 0 aliphatic carbocycles. The molecule has 0 amide bonds.